The zero-order chi connectivity index (χ0) is 13.3. The number of aromatic nitrogens is 2. The van der Waals surface area contributed by atoms with Crippen LogP contribution in [0.1, 0.15) is 21.7 Å². The maximum Gasteiger partial charge on any atom is 0.323 e. The van der Waals surface area contributed by atoms with Crippen molar-refractivity contribution in [3.05, 3.63) is 51.7 Å². The quantitative estimate of drug-likeness (QED) is 0.811. The third-order valence-electron chi connectivity index (χ3n) is 2.59. The Balaban J connectivity index is 2.37. The molecule has 5 nitrogen and oxygen atoms in total. The summed E-state index contributed by atoms with van der Waals surface area (Å²) in [6.07, 6.45) is 1.57. The van der Waals surface area contributed by atoms with E-state index in [0.29, 0.717) is 16.2 Å². The second-order valence-corrected chi connectivity index (χ2v) is 5.27. The molecule has 0 aliphatic heterocycles. The van der Waals surface area contributed by atoms with Crippen LogP contribution in [0.5, 0.6) is 0 Å². The van der Waals surface area contributed by atoms with Crippen LogP contribution in [-0.4, -0.2) is 26.2 Å². The molecule has 18 heavy (non-hydrogen) atoms. The summed E-state index contributed by atoms with van der Waals surface area (Å²) >= 11 is 0. The van der Waals surface area contributed by atoms with E-state index in [2.05, 4.69) is 9.97 Å². The number of nitrogens with one attached hydrogen (secondary N) is 2. The van der Waals surface area contributed by atoms with E-state index in [1.807, 2.05) is 0 Å². The standard InChI is InChI=1S/C12H12N2O3S/c1-7-10(14-12(16)13-7)11(15)8-3-5-9(6-4-8)18(2)17/h3-6H,1-2H3,(H2,13,14,16). The first-order chi connectivity index (χ1) is 8.49. The Kier molecular flexibility index (Phi) is 3.29. The summed E-state index contributed by atoms with van der Waals surface area (Å²) in [5.41, 5.74) is 0.809. The van der Waals surface area contributed by atoms with E-state index in [4.69, 9.17) is 0 Å². The first kappa shape index (κ1) is 12.5. The smallest absolute Gasteiger partial charge is 0.310 e. The average Bonchev–Trinajstić information content (AvgIpc) is 2.67. The van der Waals surface area contributed by atoms with Crippen molar-refractivity contribution in [2.75, 3.05) is 6.26 Å². The van der Waals surface area contributed by atoms with Gasteiger partial charge in [-0.15, -0.1) is 0 Å². The fraction of sp³-hybridized carbons (Fsp3) is 0.167. The van der Waals surface area contributed by atoms with Crippen LogP contribution in [0.3, 0.4) is 0 Å². The van der Waals surface area contributed by atoms with Crippen molar-refractivity contribution in [1.29, 1.82) is 0 Å². The molecule has 2 N–H and O–H groups in total. The lowest BCUT2D eigenvalue weighted by atomic mass is 10.1. The van der Waals surface area contributed by atoms with Gasteiger partial charge in [-0.05, 0) is 31.2 Å². The minimum absolute atomic E-state index is 0.255. The summed E-state index contributed by atoms with van der Waals surface area (Å²) in [5, 5.41) is 0. The van der Waals surface area contributed by atoms with E-state index in [9.17, 15) is 13.8 Å². The molecule has 0 bridgehead atoms. The number of aryl methyl sites for hydroxylation is 1. The van der Waals surface area contributed by atoms with Gasteiger partial charge in [-0.1, -0.05) is 0 Å². The maximum atomic E-state index is 12.1. The number of carbonyl (C=O) groups is 1. The van der Waals surface area contributed by atoms with Crippen molar-refractivity contribution >= 4 is 16.6 Å². The SMILES string of the molecule is Cc1[nH]c(=O)[nH]c1C(=O)c1ccc(S(C)=O)cc1. The minimum atomic E-state index is -1.07. The van der Waals surface area contributed by atoms with Gasteiger partial charge >= 0.3 is 5.69 Å². The highest BCUT2D eigenvalue weighted by Gasteiger charge is 2.14. The highest BCUT2D eigenvalue weighted by molar-refractivity contribution is 7.84. The van der Waals surface area contributed by atoms with Gasteiger partial charge in [0.15, 0.2) is 0 Å². The Morgan fingerprint density at radius 3 is 2.22 bits per heavy atom. The van der Waals surface area contributed by atoms with Crippen molar-refractivity contribution in [3.8, 4) is 0 Å². The Labute approximate surface area is 106 Å². The third kappa shape index (κ3) is 2.33. The van der Waals surface area contributed by atoms with E-state index in [-0.39, 0.29) is 11.5 Å². The minimum Gasteiger partial charge on any atom is -0.310 e. The molecule has 1 aromatic heterocycles. The number of rotatable bonds is 3. The molecule has 0 saturated carbocycles. The fourth-order valence-electron chi connectivity index (χ4n) is 1.64. The van der Waals surface area contributed by atoms with Crippen LogP contribution in [-0.2, 0) is 10.8 Å². The predicted octanol–water partition coefficient (Wildman–Crippen LogP) is 0.980. The molecule has 1 aromatic carbocycles. The lowest BCUT2D eigenvalue weighted by Gasteiger charge is -2.01. The van der Waals surface area contributed by atoms with Crippen molar-refractivity contribution in [3.63, 3.8) is 0 Å². The lowest BCUT2D eigenvalue weighted by Crippen LogP contribution is -2.06. The highest BCUT2D eigenvalue weighted by Crippen LogP contribution is 2.12. The Morgan fingerprint density at radius 1 is 1.17 bits per heavy atom. The summed E-state index contributed by atoms with van der Waals surface area (Å²) in [6, 6.07) is 6.49. The van der Waals surface area contributed by atoms with Crippen LogP contribution >= 0.6 is 0 Å². The molecule has 6 heteroatoms. The molecule has 0 aliphatic rings. The molecule has 0 radical (unpaired) electrons. The van der Waals surface area contributed by atoms with Crippen molar-refractivity contribution in [1.82, 2.24) is 9.97 Å². The van der Waals surface area contributed by atoms with Crippen LogP contribution in [0.15, 0.2) is 34.0 Å². The molecule has 0 amide bonds. The summed E-state index contributed by atoms with van der Waals surface area (Å²) < 4.78 is 11.2. The molecule has 1 atom stereocenters. The topological polar surface area (TPSA) is 82.8 Å². The maximum absolute atomic E-state index is 12.1. The molecule has 94 valence electrons. The molecule has 2 rings (SSSR count). The second kappa shape index (κ2) is 4.73. The van der Waals surface area contributed by atoms with Gasteiger partial charge in [0.05, 0.1) is 0 Å². The van der Waals surface area contributed by atoms with E-state index in [1.165, 1.54) is 0 Å². The van der Waals surface area contributed by atoms with Crippen LogP contribution in [0, 0.1) is 6.92 Å². The van der Waals surface area contributed by atoms with E-state index in [0.717, 1.165) is 0 Å². The van der Waals surface area contributed by atoms with Crippen LogP contribution in [0.2, 0.25) is 0 Å². The zero-order valence-corrected chi connectivity index (χ0v) is 10.8. The van der Waals surface area contributed by atoms with Crippen LogP contribution < -0.4 is 5.69 Å². The van der Waals surface area contributed by atoms with E-state index >= 15 is 0 Å². The molecular weight excluding hydrogens is 252 g/mol. The summed E-state index contributed by atoms with van der Waals surface area (Å²) in [5.74, 6) is -0.265. The zero-order valence-electron chi connectivity index (χ0n) is 9.94. The number of imidazole rings is 1. The number of H-pyrrole nitrogens is 2. The molecule has 1 unspecified atom stereocenters. The molecule has 0 spiro atoms. The van der Waals surface area contributed by atoms with Gasteiger partial charge in [0.2, 0.25) is 5.78 Å². The lowest BCUT2D eigenvalue weighted by molar-refractivity contribution is 0.103. The number of benzene rings is 1. The number of hydrogen-bond donors (Lipinski definition) is 2. The summed E-state index contributed by atoms with van der Waals surface area (Å²) in [6.45, 7) is 1.65. The molecule has 2 aromatic rings. The van der Waals surface area contributed by atoms with Crippen molar-refractivity contribution < 1.29 is 9.00 Å². The second-order valence-electron chi connectivity index (χ2n) is 3.89. The normalized spacial score (nSPS) is 12.3. The molecule has 1 heterocycles. The van der Waals surface area contributed by atoms with Gasteiger partial charge in [-0.25, -0.2) is 4.79 Å². The fourth-order valence-corrected chi connectivity index (χ4v) is 2.16. The molecule has 0 saturated heterocycles. The van der Waals surface area contributed by atoms with Gasteiger partial charge < -0.3 is 9.97 Å². The van der Waals surface area contributed by atoms with Gasteiger partial charge in [0, 0.05) is 33.2 Å². The van der Waals surface area contributed by atoms with Crippen LogP contribution in [0.25, 0.3) is 0 Å². The van der Waals surface area contributed by atoms with E-state index < -0.39 is 16.5 Å². The van der Waals surface area contributed by atoms with E-state index in [1.54, 1.807) is 37.4 Å². The summed E-state index contributed by atoms with van der Waals surface area (Å²) in [7, 11) is -1.07. The number of ketones is 1. The van der Waals surface area contributed by atoms with Crippen molar-refractivity contribution in [2.24, 2.45) is 0 Å². The number of aromatic amines is 2. The number of carbonyl (C=O) groups excluding carboxylic acids is 1. The van der Waals surface area contributed by atoms with Crippen LogP contribution in [0.4, 0.5) is 0 Å². The van der Waals surface area contributed by atoms with Gasteiger partial charge in [0.25, 0.3) is 0 Å². The summed E-state index contributed by atoms with van der Waals surface area (Å²) in [4.78, 5) is 28.8. The molecular formula is C12H12N2O3S. The largest absolute Gasteiger partial charge is 0.323 e. The average molecular weight is 264 g/mol. The first-order valence-corrected chi connectivity index (χ1v) is 6.82. The highest BCUT2D eigenvalue weighted by atomic mass is 32.2. The Morgan fingerprint density at radius 2 is 1.78 bits per heavy atom. The van der Waals surface area contributed by atoms with Gasteiger partial charge in [0.1, 0.15) is 5.69 Å². The monoisotopic (exact) mass is 264 g/mol. The van der Waals surface area contributed by atoms with Crippen molar-refractivity contribution in [2.45, 2.75) is 11.8 Å². The van der Waals surface area contributed by atoms with Gasteiger partial charge in [-0.3, -0.25) is 9.00 Å². The Bertz CT molecular complexity index is 667. The van der Waals surface area contributed by atoms with Gasteiger partial charge in [-0.2, -0.15) is 0 Å². The first-order valence-electron chi connectivity index (χ1n) is 5.26. The third-order valence-corrected chi connectivity index (χ3v) is 3.53. The molecule has 0 fully saturated rings. The predicted molar refractivity (Wildman–Crippen MR) is 68.4 cm³/mol. The number of hydrogen-bond acceptors (Lipinski definition) is 3. The Hall–Kier alpha value is -1.95. The molecule has 0 aliphatic carbocycles.